The summed E-state index contributed by atoms with van der Waals surface area (Å²) in [6.45, 7) is 3.87. The van der Waals surface area contributed by atoms with Crippen molar-refractivity contribution in [2.24, 2.45) is 4.99 Å². The molecule has 138 valence electrons. The molecule has 0 radical (unpaired) electrons. The molecule has 0 saturated heterocycles. The maximum Gasteiger partial charge on any atom is 0.341 e. The van der Waals surface area contributed by atoms with Crippen LogP contribution in [0, 0.1) is 6.92 Å². The average molecular weight is 359 g/mol. The topological polar surface area (TPSA) is 91.3 Å². The minimum Gasteiger partial charge on any atom is -0.496 e. The van der Waals surface area contributed by atoms with Gasteiger partial charge in [0.25, 0.3) is 0 Å². The molecule has 0 saturated carbocycles. The van der Waals surface area contributed by atoms with Crippen molar-refractivity contribution in [2.45, 2.75) is 39.7 Å². The van der Waals surface area contributed by atoms with Crippen molar-refractivity contribution in [2.75, 3.05) is 14.2 Å². The Morgan fingerprint density at radius 3 is 2.69 bits per heavy atom. The Bertz CT molecular complexity index is 818. The number of benzene rings is 1. The summed E-state index contributed by atoms with van der Waals surface area (Å²) < 4.78 is 15.2. The zero-order chi connectivity index (χ0) is 19.3. The highest BCUT2D eigenvalue weighted by molar-refractivity contribution is 6.01. The summed E-state index contributed by atoms with van der Waals surface area (Å²) in [6, 6.07) is 0. The van der Waals surface area contributed by atoms with Crippen LogP contribution in [0.5, 0.6) is 5.75 Å². The zero-order valence-electron chi connectivity index (χ0n) is 15.3. The fraction of sp³-hybridized carbons (Fsp3) is 0.421. The maximum absolute atomic E-state index is 12.1. The monoisotopic (exact) mass is 359 g/mol. The highest BCUT2D eigenvalue weighted by Gasteiger charge is 2.32. The number of nitrogens with zero attached hydrogens (tertiary/aromatic N) is 1. The average Bonchev–Trinajstić information content (AvgIpc) is 3.02. The molecule has 0 aromatic heterocycles. The second kappa shape index (κ2) is 8.45. The highest BCUT2D eigenvalue weighted by atomic mass is 16.5. The number of cyclic esters (lactones) is 1. The molecule has 0 unspecified atom stereocenters. The zero-order valence-corrected chi connectivity index (χ0v) is 15.3. The maximum atomic E-state index is 12.1. The first-order valence-electron chi connectivity index (χ1n) is 8.14. The fourth-order valence-corrected chi connectivity index (χ4v) is 2.98. The lowest BCUT2D eigenvalue weighted by molar-refractivity contribution is -0.140. The van der Waals surface area contributed by atoms with E-state index in [1.165, 1.54) is 20.3 Å². The van der Waals surface area contributed by atoms with Gasteiger partial charge in [0, 0.05) is 17.5 Å². The molecule has 2 rings (SSSR count). The van der Waals surface area contributed by atoms with Gasteiger partial charge in [-0.25, -0.2) is 9.59 Å². The van der Waals surface area contributed by atoms with Crippen LogP contribution < -0.4 is 4.74 Å². The number of hydrogen-bond acceptors (Lipinski definition) is 7. The lowest BCUT2D eigenvalue weighted by atomic mass is 9.93. The van der Waals surface area contributed by atoms with E-state index in [0.717, 1.165) is 11.1 Å². The Morgan fingerprint density at radius 1 is 1.35 bits per heavy atom. The smallest absolute Gasteiger partial charge is 0.341 e. The van der Waals surface area contributed by atoms with Gasteiger partial charge in [0.15, 0.2) is 0 Å². The van der Waals surface area contributed by atoms with Crippen LogP contribution in [0.4, 0.5) is 5.69 Å². The Kier molecular flexibility index (Phi) is 6.31. The number of carbonyl (C=O) groups is 2. The van der Waals surface area contributed by atoms with Crippen molar-refractivity contribution < 1.29 is 28.6 Å². The molecule has 0 spiro atoms. The van der Waals surface area contributed by atoms with Crippen LogP contribution >= 0.6 is 0 Å². The van der Waals surface area contributed by atoms with Crippen LogP contribution in [0.2, 0.25) is 0 Å². The first kappa shape index (κ1) is 19.4. The van der Waals surface area contributed by atoms with Gasteiger partial charge in [-0.3, -0.25) is 4.79 Å². The fourth-order valence-electron chi connectivity index (χ4n) is 2.98. The normalized spacial score (nSPS) is 12.9. The van der Waals surface area contributed by atoms with E-state index in [-0.39, 0.29) is 24.7 Å². The molecule has 0 amide bonds. The second-order valence-electron chi connectivity index (χ2n) is 5.95. The molecule has 0 N–H and O–H groups in total. The molecule has 7 nitrogen and oxygen atoms in total. The summed E-state index contributed by atoms with van der Waals surface area (Å²) in [5.41, 5.74) is 3.58. The number of hydrogen-bond donors (Lipinski definition) is 0. The molecule has 1 aliphatic rings. The van der Waals surface area contributed by atoms with Gasteiger partial charge in [-0.15, -0.1) is 0 Å². The Morgan fingerprint density at radius 2 is 2.08 bits per heavy atom. The van der Waals surface area contributed by atoms with E-state index in [4.69, 9.17) is 9.47 Å². The number of allylic oxidation sites excluding steroid dienone is 2. The van der Waals surface area contributed by atoms with Crippen molar-refractivity contribution in [3.8, 4) is 5.75 Å². The molecule has 1 aliphatic heterocycles. The molecule has 0 bridgehead atoms. The largest absolute Gasteiger partial charge is 0.496 e. The van der Waals surface area contributed by atoms with Gasteiger partial charge < -0.3 is 14.2 Å². The number of fused-ring (bicyclic) bond motifs is 1. The summed E-state index contributed by atoms with van der Waals surface area (Å²) in [6.07, 6.45) is 4.64. The van der Waals surface area contributed by atoms with E-state index >= 15 is 0 Å². The van der Waals surface area contributed by atoms with Crippen LogP contribution in [-0.2, 0) is 32.1 Å². The van der Waals surface area contributed by atoms with Gasteiger partial charge >= 0.3 is 11.9 Å². The van der Waals surface area contributed by atoms with Crippen LogP contribution in [0.3, 0.4) is 0 Å². The van der Waals surface area contributed by atoms with E-state index in [0.29, 0.717) is 35.3 Å². The Hall–Kier alpha value is -2.92. The predicted octanol–water partition coefficient (Wildman–Crippen LogP) is 3.08. The van der Waals surface area contributed by atoms with E-state index in [9.17, 15) is 14.4 Å². The number of ether oxygens (including phenoxy) is 3. The summed E-state index contributed by atoms with van der Waals surface area (Å²) in [5.74, 6) is -0.224. The van der Waals surface area contributed by atoms with Gasteiger partial charge in [0.1, 0.15) is 12.4 Å². The second-order valence-corrected chi connectivity index (χ2v) is 5.95. The molecule has 0 atom stereocenters. The summed E-state index contributed by atoms with van der Waals surface area (Å²) in [5, 5.41) is 0. The summed E-state index contributed by atoms with van der Waals surface area (Å²) in [4.78, 5) is 38.0. The standard InChI is InChI=1S/C19H21NO6/c1-11(6-8-15(22)24-3)5-7-13-17(20-10-21)16-14(9-26-19(16)23)12(2)18(13)25-4/h5H,6-9H2,1-4H3/b11-5+. The number of rotatable bonds is 7. The third-order valence-corrected chi connectivity index (χ3v) is 4.41. The summed E-state index contributed by atoms with van der Waals surface area (Å²) >= 11 is 0. The van der Waals surface area contributed by atoms with Gasteiger partial charge in [-0.2, -0.15) is 4.99 Å². The first-order chi connectivity index (χ1) is 12.4. The molecular weight excluding hydrogens is 338 g/mol. The molecule has 26 heavy (non-hydrogen) atoms. The van der Waals surface area contributed by atoms with Crippen LogP contribution in [0.25, 0.3) is 0 Å². The third kappa shape index (κ3) is 3.83. The minimum absolute atomic E-state index is 0.131. The van der Waals surface area contributed by atoms with Gasteiger partial charge in [-0.1, -0.05) is 11.6 Å². The van der Waals surface area contributed by atoms with Crippen molar-refractivity contribution >= 4 is 23.7 Å². The Balaban J connectivity index is 2.45. The van der Waals surface area contributed by atoms with E-state index in [1.54, 1.807) is 0 Å². The number of isocyanates is 1. The number of methoxy groups -OCH3 is 2. The molecule has 7 heteroatoms. The first-order valence-corrected chi connectivity index (χ1v) is 8.14. The molecule has 0 fully saturated rings. The molecule has 1 aromatic carbocycles. The van der Waals surface area contributed by atoms with Gasteiger partial charge in [0.2, 0.25) is 6.08 Å². The Labute approximate surface area is 151 Å². The van der Waals surface area contributed by atoms with Crippen molar-refractivity contribution in [1.82, 2.24) is 0 Å². The van der Waals surface area contributed by atoms with E-state index < -0.39 is 5.97 Å². The van der Waals surface area contributed by atoms with Crippen LogP contribution in [-0.4, -0.2) is 32.2 Å². The molecule has 1 aromatic rings. The lowest BCUT2D eigenvalue weighted by Crippen LogP contribution is -2.03. The van der Waals surface area contributed by atoms with Crippen molar-refractivity contribution in [3.63, 3.8) is 0 Å². The number of esters is 2. The van der Waals surface area contributed by atoms with Gasteiger partial charge in [-0.05, 0) is 32.3 Å². The van der Waals surface area contributed by atoms with Crippen LogP contribution in [0.15, 0.2) is 16.6 Å². The minimum atomic E-state index is -0.507. The number of carbonyl (C=O) groups excluding carboxylic acids is 3. The predicted molar refractivity (Wildman–Crippen MR) is 93.3 cm³/mol. The molecular formula is C19H21NO6. The van der Waals surface area contributed by atoms with E-state index in [2.05, 4.69) is 9.73 Å². The van der Waals surface area contributed by atoms with Crippen molar-refractivity contribution in [3.05, 3.63) is 33.9 Å². The lowest BCUT2D eigenvalue weighted by Gasteiger charge is -2.16. The van der Waals surface area contributed by atoms with E-state index in [1.807, 2.05) is 19.9 Å². The van der Waals surface area contributed by atoms with Crippen LogP contribution in [0.1, 0.15) is 46.8 Å². The molecule has 0 aliphatic carbocycles. The third-order valence-electron chi connectivity index (χ3n) is 4.41. The number of aliphatic imine (C=N–C) groups is 1. The quantitative estimate of drug-likeness (QED) is 0.322. The summed E-state index contributed by atoms with van der Waals surface area (Å²) in [7, 11) is 2.88. The highest BCUT2D eigenvalue weighted by Crippen LogP contribution is 2.42. The van der Waals surface area contributed by atoms with Gasteiger partial charge in [0.05, 0.1) is 25.5 Å². The molecule has 1 heterocycles. The SMILES string of the molecule is COC(=O)CC/C(C)=C/Cc1c(N=C=O)c2c(c(C)c1OC)COC2=O. The van der Waals surface area contributed by atoms with Crippen molar-refractivity contribution in [1.29, 1.82) is 0 Å².